The Morgan fingerprint density at radius 3 is 2.21 bits per heavy atom. The van der Waals surface area contributed by atoms with Crippen molar-refractivity contribution in [1.29, 1.82) is 0 Å². The molecule has 0 amide bonds. The van der Waals surface area contributed by atoms with Crippen LogP contribution in [0.4, 0.5) is 4.39 Å². The van der Waals surface area contributed by atoms with E-state index in [-0.39, 0.29) is 18.6 Å². The number of rotatable bonds is 4. The van der Waals surface area contributed by atoms with E-state index in [1.54, 1.807) is 45.1 Å². The number of carbonyl (C=O) groups is 2. The lowest BCUT2D eigenvalue weighted by atomic mass is 10.0. The van der Waals surface area contributed by atoms with Gasteiger partial charge in [-0.3, -0.25) is 4.79 Å². The van der Waals surface area contributed by atoms with E-state index in [1.165, 1.54) is 24.3 Å². The second kappa shape index (κ2) is 8.07. The van der Waals surface area contributed by atoms with E-state index >= 15 is 0 Å². The van der Waals surface area contributed by atoms with Crippen LogP contribution in [0.1, 0.15) is 39.2 Å². The topological polar surface area (TPSA) is 61.8 Å². The first-order valence-electron chi connectivity index (χ1n) is 9.34. The Labute approximate surface area is 169 Å². The number of ether oxygens (including phenoxy) is 3. The van der Waals surface area contributed by atoms with E-state index in [1.807, 2.05) is 12.2 Å². The SMILES string of the molecule is CC(C)(C)OC(=O)C(O[C@]1(c2ccc(F)cc2)CCC(=O)O1)=C1C=CC=CC=C1. The van der Waals surface area contributed by atoms with Crippen LogP contribution in [0.15, 0.2) is 72.1 Å². The Morgan fingerprint density at radius 2 is 1.69 bits per heavy atom. The summed E-state index contributed by atoms with van der Waals surface area (Å²) >= 11 is 0. The Balaban J connectivity index is 2.07. The van der Waals surface area contributed by atoms with Gasteiger partial charge in [0.05, 0.1) is 6.42 Å². The van der Waals surface area contributed by atoms with Crippen molar-refractivity contribution in [3.05, 3.63) is 83.4 Å². The summed E-state index contributed by atoms with van der Waals surface area (Å²) in [5.41, 5.74) is 0.151. The van der Waals surface area contributed by atoms with Gasteiger partial charge in [0.15, 0.2) is 0 Å². The Morgan fingerprint density at radius 1 is 1.07 bits per heavy atom. The summed E-state index contributed by atoms with van der Waals surface area (Å²) in [6.45, 7) is 5.25. The number of carbonyl (C=O) groups excluding carboxylic acids is 2. The molecule has 1 aromatic carbocycles. The normalized spacial score (nSPS) is 21.0. The molecule has 0 aromatic heterocycles. The van der Waals surface area contributed by atoms with E-state index < -0.39 is 29.1 Å². The first kappa shape index (κ1) is 20.6. The molecular weight excluding hydrogens is 375 g/mol. The van der Waals surface area contributed by atoms with Crippen LogP contribution < -0.4 is 0 Å². The van der Waals surface area contributed by atoms with Crippen LogP contribution in [0.2, 0.25) is 0 Å². The predicted octanol–water partition coefficient (Wildman–Crippen LogP) is 4.61. The molecule has 0 bridgehead atoms. The molecule has 0 unspecified atom stereocenters. The molecule has 1 aliphatic carbocycles. The molecule has 0 spiro atoms. The van der Waals surface area contributed by atoms with Crippen LogP contribution in [0.3, 0.4) is 0 Å². The molecular formula is C23H23FO5. The third-order valence-corrected chi connectivity index (χ3v) is 4.22. The minimum atomic E-state index is -1.54. The largest absolute Gasteiger partial charge is 0.454 e. The fraction of sp³-hybridized carbons (Fsp3) is 0.304. The number of allylic oxidation sites excluding steroid dienone is 7. The van der Waals surface area contributed by atoms with Gasteiger partial charge in [0.25, 0.3) is 5.79 Å². The number of halogens is 1. The first-order valence-corrected chi connectivity index (χ1v) is 9.34. The standard InChI is InChI=1S/C23H23FO5/c1-22(2,3)29-21(26)20(16-8-6-4-5-7-9-16)28-23(15-14-19(25)27-23)17-10-12-18(24)13-11-17/h4-13H,14-15H2,1-3H3/t23-/m0/s1. The van der Waals surface area contributed by atoms with Crippen molar-refractivity contribution >= 4 is 11.9 Å². The molecule has 6 heteroatoms. The van der Waals surface area contributed by atoms with Crippen molar-refractivity contribution in [2.75, 3.05) is 0 Å². The van der Waals surface area contributed by atoms with E-state index in [0.717, 1.165) is 0 Å². The van der Waals surface area contributed by atoms with Gasteiger partial charge in [-0.2, -0.15) is 0 Å². The zero-order valence-corrected chi connectivity index (χ0v) is 16.6. The third-order valence-electron chi connectivity index (χ3n) is 4.22. The summed E-state index contributed by atoms with van der Waals surface area (Å²) < 4.78 is 30.6. The molecule has 5 nitrogen and oxygen atoms in total. The molecule has 1 heterocycles. The lowest BCUT2D eigenvalue weighted by Crippen LogP contribution is -2.34. The molecule has 1 aromatic rings. The summed E-state index contributed by atoms with van der Waals surface area (Å²) in [7, 11) is 0. The van der Waals surface area contributed by atoms with Gasteiger partial charge in [-0.05, 0) is 45.0 Å². The molecule has 152 valence electrons. The average Bonchev–Trinajstić information content (AvgIpc) is 2.84. The average molecular weight is 398 g/mol. The molecule has 0 radical (unpaired) electrons. The fourth-order valence-electron chi connectivity index (χ4n) is 2.95. The third kappa shape index (κ3) is 5.02. The van der Waals surface area contributed by atoms with E-state index in [2.05, 4.69) is 0 Å². The van der Waals surface area contributed by atoms with Crippen molar-refractivity contribution in [3.8, 4) is 0 Å². The van der Waals surface area contributed by atoms with Gasteiger partial charge in [-0.15, -0.1) is 0 Å². The molecule has 0 saturated carbocycles. The molecule has 29 heavy (non-hydrogen) atoms. The van der Waals surface area contributed by atoms with Crippen molar-refractivity contribution in [3.63, 3.8) is 0 Å². The van der Waals surface area contributed by atoms with Gasteiger partial charge in [-0.25, -0.2) is 9.18 Å². The molecule has 1 atom stereocenters. The number of hydrogen-bond acceptors (Lipinski definition) is 5. The molecule has 1 fully saturated rings. The molecule has 2 aliphatic rings. The summed E-state index contributed by atoms with van der Waals surface area (Å²) in [5.74, 6) is -3.20. The minimum Gasteiger partial charge on any atom is -0.454 e. The van der Waals surface area contributed by atoms with Crippen LogP contribution in [0.5, 0.6) is 0 Å². The summed E-state index contributed by atoms with van der Waals surface area (Å²) in [4.78, 5) is 24.9. The second-order valence-electron chi connectivity index (χ2n) is 7.73. The zero-order chi connectivity index (χ0) is 21.1. The predicted molar refractivity (Wildman–Crippen MR) is 105 cm³/mol. The maximum Gasteiger partial charge on any atom is 0.374 e. The van der Waals surface area contributed by atoms with Crippen LogP contribution >= 0.6 is 0 Å². The lowest BCUT2D eigenvalue weighted by molar-refractivity contribution is -0.209. The van der Waals surface area contributed by atoms with Crippen LogP contribution in [0, 0.1) is 5.82 Å². The quantitative estimate of drug-likeness (QED) is 0.421. The maximum atomic E-state index is 13.4. The zero-order valence-electron chi connectivity index (χ0n) is 16.6. The number of cyclic esters (lactones) is 1. The van der Waals surface area contributed by atoms with Gasteiger partial charge < -0.3 is 14.2 Å². The van der Waals surface area contributed by atoms with Crippen molar-refractivity contribution in [1.82, 2.24) is 0 Å². The minimum absolute atomic E-state index is 0.0878. The Kier molecular flexibility index (Phi) is 5.73. The molecule has 0 N–H and O–H groups in total. The molecule has 1 saturated heterocycles. The van der Waals surface area contributed by atoms with Crippen molar-refractivity contribution in [2.24, 2.45) is 0 Å². The lowest BCUT2D eigenvalue weighted by Gasteiger charge is -2.31. The summed E-state index contributed by atoms with van der Waals surface area (Å²) in [6, 6.07) is 5.46. The van der Waals surface area contributed by atoms with Crippen LogP contribution in [-0.2, 0) is 29.6 Å². The monoisotopic (exact) mass is 398 g/mol. The van der Waals surface area contributed by atoms with E-state index in [4.69, 9.17) is 14.2 Å². The molecule has 1 aliphatic heterocycles. The van der Waals surface area contributed by atoms with Gasteiger partial charge in [-0.1, -0.05) is 36.5 Å². The number of hydrogen-bond donors (Lipinski definition) is 0. The molecule has 3 rings (SSSR count). The smallest absolute Gasteiger partial charge is 0.374 e. The van der Waals surface area contributed by atoms with Crippen molar-refractivity contribution in [2.45, 2.75) is 45.0 Å². The highest BCUT2D eigenvalue weighted by atomic mass is 19.1. The number of benzene rings is 1. The van der Waals surface area contributed by atoms with Gasteiger partial charge in [0.1, 0.15) is 11.4 Å². The van der Waals surface area contributed by atoms with Crippen LogP contribution in [-0.4, -0.2) is 17.5 Å². The highest BCUT2D eigenvalue weighted by Gasteiger charge is 2.46. The highest BCUT2D eigenvalue weighted by Crippen LogP contribution is 2.41. The van der Waals surface area contributed by atoms with E-state index in [0.29, 0.717) is 11.1 Å². The first-order chi connectivity index (χ1) is 13.7. The highest BCUT2D eigenvalue weighted by molar-refractivity contribution is 5.89. The van der Waals surface area contributed by atoms with Crippen molar-refractivity contribution < 1.29 is 28.2 Å². The maximum absolute atomic E-state index is 13.4. The van der Waals surface area contributed by atoms with Crippen LogP contribution in [0.25, 0.3) is 0 Å². The second-order valence-corrected chi connectivity index (χ2v) is 7.73. The van der Waals surface area contributed by atoms with Gasteiger partial charge >= 0.3 is 11.9 Å². The summed E-state index contributed by atoms with van der Waals surface area (Å²) in [6.07, 6.45) is 10.8. The van der Waals surface area contributed by atoms with Gasteiger partial charge in [0.2, 0.25) is 5.76 Å². The fourth-order valence-corrected chi connectivity index (χ4v) is 2.95. The van der Waals surface area contributed by atoms with Gasteiger partial charge in [0, 0.05) is 17.6 Å². The Bertz CT molecular complexity index is 898. The number of esters is 2. The van der Waals surface area contributed by atoms with E-state index in [9.17, 15) is 14.0 Å². The summed E-state index contributed by atoms with van der Waals surface area (Å²) in [5, 5.41) is 0. The Hall–Kier alpha value is -3.15.